The predicted molar refractivity (Wildman–Crippen MR) is 125 cm³/mol. The molecule has 1 N–H and O–H groups in total. The van der Waals surface area contributed by atoms with Crippen LogP contribution in [0.2, 0.25) is 5.02 Å². The lowest BCUT2D eigenvalue weighted by Crippen LogP contribution is -2.34. The van der Waals surface area contributed by atoms with Gasteiger partial charge in [0.25, 0.3) is 5.91 Å². The van der Waals surface area contributed by atoms with Gasteiger partial charge in [0.1, 0.15) is 6.54 Å². The fraction of sp³-hybridized carbons (Fsp3) is 0.280. The summed E-state index contributed by atoms with van der Waals surface area (Å²) in [7, 11) is 0. The molecule has 1 saturated heterocycles. The number of nitrogens with one attached hydrogen (secondary N) is 1. The van der Waals surface area contributed by atoms with Gasteiger partial charge in [0.15, 0.2) is 0 Å². The molecule has 0 spiro atoms. The molecule has 0 atom stereocenters. The molecule has 2 aromatic carbocycles. The Hall–Kier alpha value is -3.05. The lowest BCUT2D eigenvalue weighted by molar-refractivity contribution is -0.131. The van der Waals surface area contributed by atoms with Crippen LogP contribution in [0.15, 0.2) is 48.7 Å². The molecule has 5 rings (SSSR count). The first-order valence-electron chi connectivity index (χ1n) is 10.8. The summed E-state index contributed by atoms with van der Waals surface area (Å²) in [6, 6.07) is 13.4. The van der Waals surface area contributed by atoms with Gasteiger partial charge in [0.2, 0.25) is 5.91 Å². The van der Waals surface area contributed by atoms with Gasteiger partial charge in [-0.1, -0.05) is 48.7 Å². The van der Waals surface area contributed by atoms with Crippen LogP contribution in [0.25, 0.3) is 22.6 Å². The molecule has 0 radical (unpaired) electrons. The number of halogens is 1. The maximum Gasteiger partial charge on any atom is 0.256 e. The molecular weight excluding hydrogens is 410 g/mol. The van der Waals surface area contributed by atoms with Gasteiger partial charge in [-0.25, -0.2) is 0 Å². The molecule has 1 fully saturated rings. The zero-order chi connectivity index (χ0) is 21.4. The van der Waals surface area contributed by atoms with E-state index in [9.17, 15) is 9.59 Å². The maximum absolute atomic E-state index is 13.0. The summed E-state index contributed by atoms with van der Waals surface area (Å²) in [6.07, 6.45) is 8.44. The van der Waals surface area contributed by atoms with E-state index in [2.05, 4.69) is 5.32 Å². The standard InChI is InChI=1S/C25H24ClN3O2/c26-18-9-10-20-21(25(31)27-22(20)14-18)13-17-15-29(23-8-4-3-7-19(17)23)16-24(30)28-11-5-1-2-6-12-28/h3-4,7-10,13-15H,1-2,5-6,11-12,16H2,(H,27,31)/b21-13+. The SMILES string of the molecule is O=C1Nc2cc(Cl)ccc2/C1=C\c1cn(CC(=O)N2CCCCCC2)c2ccccc12. The summed E-state index contributed by atoms with van der Waals surface area (Å²) in [5.41, 5.74) is 4.09. The molecule has 0 saturated carbocycles. The van der Waals surface area contributed by atoms with E-state index in [1.165, 1.54) is 12.8 Å². The number of rotatable bonds is 3. The second kappa shape index (κ2) is 8.23. The lowest BCUT2D eigenvalue weighted by Gasteiger charge is -2.20. The summed E-state index contributed by atoms with van der Waals surface area (Å²) < 4.78 is 2.00. The first-order chi connectivity index (χ1) is 15.1. The molecule has 2 aliphatic rings. The number of aromatic nitrogens is 1. The van der Waals surface area contributed by atoms with Crippen LogP contribution in [0.5, 0.6) is 0 Å². The first kappa shape index (κ1) is 19.9. The predicted octanol–water partition coefficient (Wildman–Crippen LogP) is 5.19. The number of amides is 2. The van der Waals surface area contributed by atoms with Gasteiger partial charge in [-0.15, -0.1) is 0 Å². The van der Waals surface area contributed by atoms with Gasteiger partial charge in [-0.05, 0) is 37.1 Å². The van der Waals surface area contributed by atoms with Crippen LogP contribution in [-0.4, -0.2) is 34.4 Å². The van der Waals surface area contributed by atoms with E-state index in [-0.39, 0.29) is 11.8 Å². The van der Waals surface area contributed by atoms with Crippen molar-refractivity contribution in [1.82, 2.24) is 9.47 Å². The van der Waals surface area contributed by atoms with Crippen LogP contribution in [0.1, 0.15) is 36.8 Å². The number of carbonyl (C=O) groups excluding carboxylic acids is 2. The van der Waals surface area contributed by atoms with Crippen LogP contribution in [0.4, 0.5) is 5.69 Å². The van der Waals surface area contributed by atoms with Crippen molar-refractivity contribution in [2.75, 3.05) is 18.4 Å². The third-order valence-electron chi connectivity index (χ3n) is 6.15. The van der Waals surface area contributed by atoms with Gasteiger partial charge in [-0.3, -0.25) is 9.59 Å². The molecule has 5 nitrogen and oxygen atoms in total. The number of anilines is 1. The number of fused-ring (bicyclic) bond motifs is 2. The van der Waals surface area contributed by atoms with E-state index in [1.807, 2.05) is 52.1 Å². The second-order valence-corrected chi connectivity index (χ2v) is 8.66. The largest absolute Gasteiger partial charge is 0.341 e. The maximum atomic E-state index is 13.0. The molecular formula is C25H24ClN3O2. The van der Waals surface area contributed by atoms with Gasteiger partial charge < -0.3 is 14.8 Å². The van der Waals surface area contributed by atoms with Crippen LogP contribution in [0, 0.1) is 0 Å². The summed E-state index contributed by atoms with van der Waals surface area (Å²) >= 11 is 6.07. The van der Waals surface area contributed by atoms with Crippen molar-refractivity contribution in [2.45, 2.75) is 32.2 Å². The fourth-order valence-corrected chi connectivity index (χ4v) is 4.72. The van der Waals surface area contributed by atoms with Crippen molar-refractivity contribution < 1.29 is 9.59 Å². The molecule has 6 heteroatoms. The summed E-state index contributed by atoms with van der Waals surface area (Å²) in [5.74, 6) is 0.00944. The monoisotopic (exact) mass is 433 g/mol. The third-order valence-corrected chi connectivity index (χ3v) is 6.38. The van der Waals surface area contributed by atoms with Crippen molar-refractivity contribution in [1.29, 1.82) is 0 Å². The van der Waals surface area contributed by atoms with Crippen molar-refractivity contribution >= 4 is 51.7 Å². The molecule has 0 bridgehead atoms. The zero-order valence-corrected chi connectivity index (χ0v) is 18.0. The van der Waals surface area contributed by atoms with Gasteiger partial charge in [0.05, 0.1) is 5.69 Å². The normalized spacial score (nSPS) is 17.6. The highest BCUT2D eigenvalue weighted by molar-refractivity contribution is 6.36. The van der Waals surface area contributed by atoms with Crippen LogP contribution < -0.4 is 5.32 Å². The fourth-order valence-electron chi connectivity index (χ4n) is 4.55. The first-order valence-corrected chi connectivity index (χ1v) is 11.2. The Balaban J connectivity index is 1.51. The van der Waals surface area contributed by atoms with Crippen LogP contribution >= 0.6 is 11.6 Å². The Bertz CT molecular complexity index is 1200. The van der Waals surface area contributed by atoms with Crippen LogP contribution in [0.3, 0.4) is 0 Å². The number of nitrogens with zero attached hydrogens (tertiary/aromatic N) is 2. The number of hydrogen-bond donors (Lipinski definition) is 1. The van der Waals surface area contributed by atoms with Gasteiger partial charge >= 0.3 is 0 Å². The molecule has 2 aliphatic heterocycles. The Morgan fingerprint density at radius 3 is 2.65 bits per heavy atom. The Morgan fingerprint density at radius 2 is 1.84 bits per heavy atom. The minimum Gasteiger partial charge on any atom is -0.341 e. The van der Waals surface area contributed by atoms with E-state index >= 15 is 0 Å². The topological polar surface area (TPSA) is 54.3 Å². The van der Waals surface area contributed by atoms with Crippen molar-refractivity contribution in [2.24, 2.45) is 0 Å². The molecule has 3 heterocycles. The lowest BCUT2D eigenvalue weighted by atomic mass is 10.0. The number of benzene rings is 2. The van der Waals surface area contributed by atoms with Crippen molar-refractivity contribution in [3.8, 4) is 0 Å². The highest BCUT2D eigenvalue weighted by atomic mass is 35.5. The third kappa shape index (κ3) is 3.86. The Labute approximate surface area is 186 Å². The second-order valence-electron chi connectivity index (χ2n) is 8.23. The number of carbonyl (C=O) groups is 2. The average molecular weight is 434 g/mol. The molecule has 31 heavy (non-hydrogen) atoms. The van der Waals surface area contributed by atoms with E-state index in [0.29, 0.717) is 17.1 Å². The molecule has 158 valence electrons. The number of likely N-dealkylation sites (tertiary alicyclic amines) is 1. The molecule has 0 aliphatic carbocycles. The van der Waals surface area contributed by atoms with Gasteiger partial charge in [-0.2, -0.15) is 0 Å². The molecule has 1 aromatic heterocycles. The molecule has 3 aromatic rings. The summed E-state index contributed by atoms with van der Waals surface area (Å²) in [6.45, 7) is 1.99. The van der Waals surface area contributed by atoms with E-state index < -0.39 is 0 Å². The number of hydrogen-bond acceptors (Lipinski definition) is 2. The molecule has 0 unspecified atom stereocenters. The quantitative estimate of drug-likeness (QED) is 0.578. The summed E-state index contributed by atoms with van der Waals surface area (Å²) in [5, 5.41) is 4.49. The average Bonchev–Trinajstić information content (AvgIpc) is 3.10. The number of para-hydroxylation sites is 1. The highest BCUT2D eigenvalue weighted by Crippen LogP contribution is 2.36. The van der Waals surface area contributed by atoms with E-state index in [1.54, 1.807) is 12.1 Å². The highest BCUT2D eigenvalue weighted by Gasteiger charge is 2.25. The minimum atomic E-state index is -0.144. The minimum absolute atomic E-state index is 0.144. The van der Waals surface area contributed by atoms with Crippen LogP contribution in [-0.2, 0) is 16.1 Å². The summed E-state index contributed by atoms with van der Waals surface area (Å²) in [4.78, 5) is 27.6. The van der Waals surface area contributed by atoms with E-state index in [4.69, 9.17) is 11.6 Å². The Morgan fingerprint density at radius 1 is 1.06 bits per heavy atom. The van der Waals surface area contributed by atoms with Crippen molar-refractivity contribution in [3.05, 3.63) is 64.8 Å². The zero-order valence-electron chi connectivity index (χ0n) is 17.2. The van der Waals surface area contributed by atoms with Gasteiger partial charge in [0, 0.05) is 51.9 Å². The molecule has 2 amide bonds. The van der Waals surface area contributed by atoms with E-state index in [0.717, 1.165) is 53.6 Å². The smallest absolute Gasteiger partial charge is 0.256 e. The van der Waals surface area contributed by atoms with Crippen molar-refractivity contribution in [3.63, 3.8) is 0 Å². The Kier molecular flexibility index (Phi) is 5.28.